The van der Waals surface area contributed by atoms with E-state index in [1.54, 1.807) is 6.92 Å². The molecule has 1 amide bonds. The minimum absolute atomic E-state index is 0.333. The van der Waals surface area contributed by atoms with Crippen LogP contribution in [0.15, 0.2) is 29.4 Å². The van der Waals surface area contributed by atoms with Crippen molar-refractivity contribution in [2.75, 3.05) is 11.2 Å². The molecule has 0 aliphatic heterocycles. The van der Waals surface area contributed by atoms with E-state index in [9.17, 15) is 9.18 Å². The molecule has 0 bridgehead atoms. The highest BCUT2D eigenvalue weighted by atomic mass is 32.2. The summed E-state index contributed by atoms with van der Waals surface area (Å²) in [5.74, 6) is 0.705. The van der Waals surface area contributed by atoms with Gasteiger partial charge in [-0.05, 0) is 36.9 Å². The molecule has 0 radical (unpaired) electrons. The number of carbonyl (C=O) groups excluding carboxylic acids is 1. The normalized spacial score (nSPS) is 10.5. The van der Waals surface area contributed by atoms with Crippen LogP contribution < -0.4 is 5.43 Å². The topological polar surface area (TPSA) is 59.8 Å². The van der Waals surface area contributed by atoms with Gasteiger partial charge in [0.15, 0.2) is 0 Å². The number of carbonyl (C=O) groups is 1. The predicted octanol–water partition coefficient (Wildman–Crippen LogP) is 2.22. The van der Waals surface area contributed by atoms with Crippen LogP contribution in [0.25, 0.3) is 0 Å². The first-order valence-electron chi connectivity index (χ1n) is 5.73. The minimum Gasteiger partial charge on any atom is -0.267 e. The summed E-state index contributed by atoms with van der Waals surface area (Å²) >= 11 is 1.48. The fraction of sp³-hybridized carbons (Fsp3) is 0.250. The van der Waals surface area contributed by atoms with Crippen molar-refractivity contribution in [2.45, 2.75) is 19.0 Å². The number of hydrogen-bond acceptors (Lipinski definition) is 4. The van der Waals surface area contributed by atoms with Crippen molar-refractivity contribution in [3.05, 3.63) is 41.5 Å². The maximum Gasteiger partial charge on any atom is 0.270 e. The summed E-state index contributed by atoms with van der Waals surface area (Å²) < 4.78 is 14.3. The van der Waals surface area contributed by atoms with E-state index >= 15 is 0 Å². The number of amides is 1. The summed E-state index contributed by atoms with van der Waals surface area (Å²) in [5.41, 5.74) is 3.07. The van der Waals surface area contributed by atoms with Gasteiger partial charge in [0, 0.05) is 5.56 Å². The van der Waals surface area contributed by atoms with Gasteiger partial charge in [-0.15, -0.1) is 10.2 Å². The van der Waals surface area contributed by atoms with Gasteiger partial charge in [-0.25, -0.2) is 9.07 Å². The quantitative estimate of drug-likeness (QED) is 0.872. The Labute approximate surface area is 114 Å². The SMILES string of the molecule is CCSc1nnc(C)n1NC(=O)c1ccc(F)cc1. The molecule has 1 N–H and O–H groups in total. The molecular formula is C12H13FN4OS. The van der Waals surface area contributed by atoms with Gasteiger partial charge in [-0.3, -0.25) is 10.2 Å². The molecular weight excluding hydrogens is 267 g/mol. The van der Waals surface area contributed by atoms with Crippen LogP contribution in [0.5, 0.6) is 0 Å². The molecule has 0 spiro atoms. The lowest BCUT2D eigenvalue weighted by Gasteiger charge is -2.09. The monoisotopic (exact) mass is 280 g/mol. The average Bonchev–Trinajstić information content (AvgIpc) is 2.73. The second kappa shape index (κ2) is 5.83. The van der Waals surface area contributed by atoms with Gasteiger partial charge in [-0.1, -0.05) is 18.7 Å². The van der Waals surface area contributed by atoms with E-state index in [0.29, 0.717) is 16.5 Å². The molecule has 7 heteroatoms. The van der Waals surface area contributed by atoms with E-state index in [1.165, 1.54) is 40.7 Å². The zero-order valence-corrected chi connectivity index (χ0v) is 11.4. The van der Waals surface area contributed by atoms with E-state index < -0.39 is 0 Å². The lowest BCUT2D eigenvalue weighted by atomic mass is 10.2. The summed E-state index contributed by atoms with van der Waals surface area (Å²) in [6.07, 6.45) is 0. The van der Waals surface area contributed by atoms with Crippen LogP contribution in [-0.4, -0.2) is 26.5 Å². The molecule has 0 fully saturated rings. The molecule has 0 saturated heterocycles. The van der Waals surface area contributed by atoms with E-state index in [2.05, 4.69) is 15.6 Å². The molecule has 1 aromatic carbocycles. The van der Waals surface area contributed by atoms with Crippen molar-refractivity contribution in [2.24, 2.45) is 0 Å². The summed E-state index contributed by atoms with van der Waals surface area (Å²) in [5, 5.41) is 8.50. The van der Waals surface area contributed by atoms with Crippen LogP contribution in [-0.2, 0) is 0 Å². The molecule has 2 aromatic rings. The Morgan fingerprint density at radius 1 is 1.37 bits per heavy atom. The molecule has 1 aromatic heterocycles. The first kappa shape index (κ1) is 13.5. The Bertz CT molecular complexity index is 582. The largest absolute Gasteiger partial charge is 0.270 e. The molecule has 0 saturated carbocycles. The smallest absolute Gasteiger partial charge is 0.267 e. The lowest BCUT2D eigenvalue weighted by molar-refractivity contribution is 0.100. The number of benzene rings is 1. The standard InChI is InChI=1S/C12H13FN4OS/c1-3-19-12-15-14-8(2)17(12)16-11(18)9-4-6-10(13)7-5-9/h4-7H,3H2,1-2H3,(H,16,18). The van der Waals surface area contributed by atoms with Crippen LogP contribution in [0, 0.1) is 12.7 Å². The Morgan fingerprint density at radius 3 is 2.68 bits per heavy atom. The Hall–Kier alpha value is -1.89. The van der Waals surface area contributed by atoms with Crippen LogP contribution in [0.3, 0.4) is 0 Å². The van der Waals surface area contributed by atoms with Gasteiger partial charge in [0.2, 0.25) is 5.16 Å². The number of halogens is 1. The van der Waals surface area contributed by atoms with Crippen LogP contribution in [0.2, 0.25) is 0 Å². The van der Waals surface area contributed by atoms with E-state index in [1.807, 2.05) is 6.92 Å². The van der Waals surface area contributed by atoms with Crippen molar-refractivity contribution in [3.8, 4) is 0 Å². The van der Waals surface area contributed by atoms with Crippen molar-refractivity contribution < 1.29 is 9.18 Å². The molecule has 0 unspecified atom stereocenters. The zero-order valence-electron chi connectivity index (χ0n) is 10.6. The molecule has 0 aliphatic carbocycles. The molecule has 2 rings (SSSR count). The van der Waals surface area contributed by atoms with Crippen LogP contribution >= 0.6 is 11.8 Å². The third kappa shape index (κ3) is 3.11. The first-order chi connectivity index (χ1) is 9.11. The highest BCUT2D eigenvalue weighted by Gasteiger charge is 2.12. The predicted molar refractivity (Wildman–Crippen MR) is 71.2 cm³/mol. The van der Waals surface area contributed by atoms with E-state index in [4.69, 9.17) is 0 Å². The fourth-order valence-corrected chi connectivity index (χ4v) is 2.13. The molecule has 5 nitrogen and oxygen atoms in total. The number of hydrogen-bond donors (Lipinski definition) is 1. The minimum atomic E-state index is -0.376. The molecule has 0 atom stereocenters. The second-order valence-corrected chi connectivity index (χ2v) is 4.98. The van der Waals surface area contributed by atoms with Gasteiger partial charge >= 0.3 is 0 Å². The van der Waals surface area contributed by atoms with Crippen molar-refractivity contribution in [1.29, 1.82) is 0 Å². The number of aromatic nitrogens is 3. The van der Waals surface area contributed by atoms with Crippen molar-refractivity contribution >= 4 is 17.7 Å². The molecule has 19 heavy (non-hydrogen) atoms. The lowest BCUT2D eigenvalue weighted by Crippen LogP contribution is -2.24. The summed E-state index contributed by atoms with van der Waals surface area (Å²) in [4.78, 5) is 12.0. The van der Waals surface area contributed by atoms with Gasteiger partial charge in [0.25, 0.3) is 5.91 Å². The van der Waals surface area contributed by atoms with Crippen LogP contribution in [0.1, 0.15) is 23.1 Å². The van der Waals surface area contributed by atoms with E-state index in [0.717, 1.165) is 5.75 Å². The summed E-state index contributed by atoms with van der Waals surface area (Å²) in [6, 6.07) is 5.35. The van der Waals surface area contributed by atoms with Gasteiger partial charge in [-0.2, -0.15) is 0 Å². The highest BCUT2D eigenvalue weighted by molar-refractivity contribution is 7.99. The Kier molecular flexibility index (Phi) is 4.16. The molecule has 1 heterocycles. The molecule has 0 aliphatic rings. The average molecular weight is 280 g/mol. The molecule has 100 valence electrons. The number of aryl methyl sites for hydroxylation is 1. The Morgan fingerprint density at radius 2 is 2.05 bits per heavy atom. The number of rotatable bonds is 4. The third-order valence-corrected chi connectivity index (χ3v) is 3.20. The first-order valence-corrected chi connectivity index (χ1v) is 6.72. The maximum atomic E-state index is 12.8. The third-order valence-electron chi connectivity index (χ3n) is 2.39. The Balaban J connectivity index is 2.19. The zero-order chi connectivity index (χ0) is 13.8. The fourth-order valence-electron chi connectivity index (χ4n) is 1.46. The van der Waals surface area contributed by atoms with Gasteiger partial charge in [0.05, 0.1) is 0 Å². The number of nitrogens with one attached hydrogen (secondary N) is 1. The van der Waals surface area contributed by atoms with Crippen LogP contribution in [0.4, 0.5) is 4.39 Å². The van der Waals surface area contributed by atoms with Crippen molar-refractivity contribution in [1.82, 2.24) is 14.9 Å². The summed E-state index contributed by atoms with van der Waals surface area (Å²) in [7, 11) is 0. The van der Waals surface area contributed by atoms with Gasteiger partial charge in [0.1, 0.15) is 11.6 Å². The van der Waals surface area contributed by atoms with Crippen molar-refractivity contribution in [3.63, 3.8) is 0 Å². The van der Waals surface area contributed by atoms with Gasteiger partial charge < -0.3 is 0 Å². The second-order valence-electron chi connectivity index (χ2n) is 3.75. The number of nitrogens with zero attached hydrogens (tertiary/aromatic N) is 3. The number of thioether (sulfide) groups is 1. The maximum absolute atomic E-state index is 12.8. The summed E-state index contributed by atoms with van der Waals surface area (Å²) in [6.45, 7) is 3.73. The van der Waals surface area contributed by atoms with E-state index in [-0.39, 0.29) is 11.7 Å². The highest BCUT2D eigenvalue weighted by Crippen LogP contribution is 2.15.